The van der Waals surface area contributed by atoms with Crippen LogP contribution >= 0.6 is 0 Å². The highest BCUT2D eigenvalue weighted by Crippen LogP contribution is 2.27. The van der Waals surface area contributed by atoms with E-state index in [1.165, 1.54) is 0 Å². The fourth-order valence-electron chi connectivity index (χ4n) is 1.65. The van der Waals surface area contributed by atoms with Gasteiger partial charge in [-0.3, -0.25) is 0 Å². The fourth-order valence-corrected chi connectivity index (χ4v) is 1.65. The van der Waals surface area contributed by atoms with Crippen LogP contribution in [0.25, 0.3) is 0 Å². The smallest absolute Gasteiger partial charge is 0.343 e. The third kappa shape index (κ3) is 1.67. The molecule has 0 aliphatic carbocycles. The average molecular weight is 207 g/mol. The largest absolute Gasteiger partial charge is 0.493 e. The SMILES string of the molecule is CC(C)c1cc2c(c(O)n1)C(=O)OCC2. The summed E-state index contributed by atoms with van der Waals surface area (Å²) in [6.45, 7) is 4.37. The van der Waals surface area contributed by atoms with E-state index in [4.69, 9.17) is 4.74 Å². The number of fused-ring (bicyclic) bond motifs is 1. The molecule has 1 aromatic rings. The van der Waals surface area contributed by atoms with Gasteiger partial charge in [-0.15, -0.1) is 0 Å². The van der Waals surface area contributed by atoms with Crippen LogP contribution in [0.2, 0.25) is 0 Å². The maximum Gasteiger partial charge on any atom is 0.343 e. The van der Waals surface area contributed by atoms with Crippen LogP contribution in [0.3, 0.4) is 0 Å². The Hall–Kier alpha value is -1.58. The molecule has 4 nitrogen and oxygen atoms in total. The van der Waals surface area contributed by atoms with Crippen LogP contribution in [-0.2, 0) is 11.2 Å². The van der Waals surface area contributed by atoms with Crippen molar-refractivity contribution in [2.24, 2.45) is 0 Å². The van der Waals surface area contributed by atoms with Gasteiger partial charge in [0.05, 0.1) is 6.61 Å². The molecule has 1 aliphatic rings. The highest BCUT2D eigenvalue weighted by atomic mass is 16.5. The third-order valence-electron chi connectivity index (χ3n) is 2.50. The van der Waals surface area contributed by atoms with Crippen molar-refractivity contribution < 1.29 is 14.6 Å². The molecule has 1 aromatic heterocycles. The lowest BCUT2D eigenvalue weighted by atomic mass is 10.00. The molecule has 0 fully saturated rings. The molecule has 0 aromatic carbocycles. The fraction of sp³-hybridized carbons (Fsp3) is 0.455. The molecule has 2 heterocycles. The molecular weight excluding hydrogens is 194 g/mol. The molecule has 0 atom stereocenters. The van der Waals surface area contributed by atoms with Crippen LogP contribution in [0.15, 0.2) is 6.07 Å². The van der Waals surface area contributed by atoms with Gasteiger partial charge >= 0.3 is 5.97 Å². The van der Waals surface area contributed by atoms with Crippen molar-refractivity contribution >= 4 is 5.97 Å². The van der Waals surface area contributed by atoms with Crippen molar-refractivity contribution in [1.82, 2.24) is 4.98 Å². The first kappa shape index (κ1) is 9.96. The van der Waals surface area contributed by atoms with Gasteiger partial charge in [-0.1, -0.05) is 13.8 Å². The first-order valence-electron chi connectivity index (χ1n) is 4.99. The van der Waals surface area contributed by atoms with Gasteiger partial charge in [-0.25, -0.2) is 9.78 Å². The molecule has 0 saturated heterocycles. The lowest BCUT2D eigenvalue weighted by molar-refractivity contribution is 0.0475. The molecule has 0 bridgehead atoms. The molecule has 0 radical (unpaired) electrons. The summed E-state index contributed by atoms with van der Waals surface area (Å²) in [6.07, 6.45) is 0.650. The number of carbonyl (C=O) groups is 1. The normalized spacial score (nSPS) is 15.0. The van der Waals surface area contributed by atoms with E-state index in [2.05, 4.69) is 4.98 Å². The highest BCUT2D eigenvalue weighted by molar-refractivity contribution is 5.94. The van der Waals surface area contributed by atoms with Crippen LogP contribution in [0.1, 0.15) is 41.4 Å². The molecule has 80 valence electrons. The van der Waals surface area contributed by atoms with E-state index in [0.29, 0.717) is 13.0 Å². The Labute approximate surface area is 87.9 Å². The van der Waals surface area contributed by atoms with Gasteiger partial charge in [0.2, 0.25) is 5.88 Å². The highest BCUT2D eigenvalue weighted by Gasteiger charge is 2.24. The first-order valence-corrected chi connectivity index (χ1v) is 4.99. The zero-order valence-electron chi connectivity index (χ0n) is 8.78. The Kier molecular flexibility index (Phi) is 2.34. The molecule has 2 rings (SSSR count). The number of aromatic hydroxyl groups is 1. The van der Waals surface area contributed by atoms with E-state index in [9.17, 15) is 9.90 Å². The zero-order chi connectivity index (χ0) is 11.0. The van der Waals surface area contributed by atoms with Gasteiger partial charge in [0.1, 0.15) is 5.56 Å². The maximum atomic E-state index is 11.4. The Bertz CT molecular complexity index is 413. The molecule has 0 amide bonds. The summed E-state index contributed by atoms with van der Waals surface area (Å²) in [5.41, 5.74) is 1.87. The van der Waals surface area contributed by atoms with Crippen molar-refractivity contribution in [3.8, 4) is 5.88 Å². The van der Waals surface area contributed by atoms with E-state index in [1.807, 2.05) is 19.9 Å². The minimum absolute atomic E-state index is 0.207. The minimum Gasteiger partial charge on any atom is -0.493 e. The Balaban J connectivity index is 2.55. The summed E-state index contributed by atoms with van der Waals surface area (Å²) in [6, 6.07) is 1.88. The Morgan fingerprint density at radius 1 is 1.53 bits per heavy atom. The van der Waals surface area contributed by atoms with E-state index in [1.54, 1.807) is 0 Å². The molecule has 0 saturated carbocycles. The number of aromatic nitrogens is 1. The molecule has 4 heteroatoms. The van der Waals surface area contributed by atoms with E-state index in [0.717, 1.165) is 11.3 Å². The number of hydrogen-bond donors (Lipinski definition) is 1. The second kappa shape index (κ2) is 3.53. The predicted octanol–water partition coefficient (Wildman–Crippen LogP) is 1.62. The first-order chi connectivity index (χ1) is 7.09. The number of pyridine rings is 1. The average Bonchev–Trinajstić information content (AvgIpc) is 2.17. The number of cyclic esters (lactones) is 1. The van der Waals surface area contributed by atoms with Crippen LogP contribution in [-0.4, -0.2) is 22.7 Å². The summed E-state index contributed by atoms with van der Waals surface area (Å²) in [4.78, 5) is 15.4. The predicted molar refractivity (Wildman–Crippen MR) is 54.0 cm³/mol. The van der Waals surface area contributed by atoms with Crippen LogP contribution in [0.4, 0.5) is 0 Å². The van der Waals surface area contributed by atoms with Crippen LogP contribution in [0.5, 0.6) is 5.88 Å². The van der Waals surface area contributed by atoms with E-state index >= 15 is 0 Å². The Morgan fingerprint density at radius 2 is 2.27 bits per heavy atom. The van der Waals surface area contributed by atoms with Crippen LogP contribution < -0.4 is 0 Å². The molecule has 15 heavy (non-hydrogen) atoms. The lowest BCUT2D eigenvalue weighted by Crippen LogP contribution is -2.19. The number of esters is 1. The molecule has 1 N–H and O–H groups in total. The monoisotopic (exact) mass is 207 g/mol. The van der Waals surface area contributed by atoms with Crippen molar-refractivity contribution in [1.29, 1.82) is 0 Å². The summed E-state index contributed by atoms with van der Waals surface area (Å²) < 4.78 is 4.85. The number of rotatable bonds is 1. The van der Waals surface area contributed by atoms with Crippen molar-refractivity contribution in [2.75, 3.05) is 6.61 Å². The van der Waals surface area contributed by atoms with Gasteiger partial charge in [-0.2, -0.15) is 0 Å². The molecule has 1 aliphatic heterocycles. The molecular formula is C11H13NO3. The van der Waals surface area contributed by atoms with Gasteiger partial charge in [-0.05, 0) is 17.5 Å². The van der Waals surface area contributed by atoms with Gasteiger partial charge < -0.3 is 9.84 Å². The summed E-state index contributed by atoms with van der Waals surface area (Å²) >= 11 is 0. The van der Waals surface area contributed by atoms with Crippen molar-refractivity contribution in [2.45, 2.75) is 26.2 Å². The van der Waals surface area contributed by atoms with Gasteiger partial charge in [0, 0.05) is 12.1 Å². The molecule has 0 unspecified atom stereocenters. The number of carbonyl (C=O) groups excluding carboxylic acids is 1. The lowest BCUT2D eigenvalue weighted by Gasteiger charge is -2.17. The standard InChI is InChI=1S/C11H13NO3/c1-6(2)8-5-7-3-4-15-11(14)9(7)10(13)12-8/h5-6H,3-4H2,1-2H3,(H,12,13). The van der Waals surface area contributed by atoms with E-state index in [-0.39, 0.29) is 17.4 Å². The third-order valence-corrected chi connectivity index (χ3v) is 2.50. The summed E-state index contributed by atoms with van der Waals surface area (Å²) in [7, 11) is 0. The quantitative estimate of drug-likeness (QED) is 0.711. The zero-order valence-corrected chi connectivity index (χ0v) is 8.78. The maximum absolute atomic E-state index is 11.4. The number of ether oxygens (including phenoxy) is 1. The van der Waals surface area contributed by atoms with Gasteiger partial charge in [0.15, 0.2) is 0 Å². The minimum atomic E-state index is -0.475. The van der Waals surface area contributed by atoms with Crippen LogP contribution in [0, 0.1) is 0 Å². The molecule has 0 spiro atoms. The number of hydrogen-bond acceptors (Lipinski definition) is 4. The Morgan fingerprint density at radius 3 is 2.93 bits per heavy atom. The van der Waals surface area contributed by atoms with Crippen molar-refractivity contribution in [3.05, 3.63) is 22.9 Å². The van der Waals surface area contributed by atoms with Crippen molar-refractivity contribution in [3.63, 3.8) is 0 Å². The second-order valence-electron chi connectivity index (χ2n) is 3.95. The van der Waals surface area contributed by atoms with Gasteiger partial charge in [0.25, 0.3) is 0 Å². The number of nitrogens with zero attached hydrogens (tertiary/aromatic N) is 1. The summed E-state index contributed by atoms with van der Waals surface area (Å²) in [5, 5.41) is 9.64. The summed E-state index contributed by atoms with van der Waals surface area (Å²) in [5.74, 6) is -0.448. The second-order valence-corrected chi connectivity index (χ2v) is 3.95. The van der Waals surface area contributed by atoms with E-state index < -0.39 is 5.97 Å². The topological polar surface area (TPSA) is 59.4 Å².